The van der Waals surface area contributed by atoms with E-state index in [4.69, 9.17) is 4.74 Å². The quantitative estimate of drug-likeness (QED) is 0.551. The van der Waals surface area contributed by atoms with Gasteiger partial charge in [0.15, 0.2) is 0 Å². The maximum absolute atomic E-state index is 5.36. The Kier molecular flexibility index (Phi) is 5.87. The van der Waals surface area contributed by atoms with Crippen LogP contribution in [-0.4, -0.2) is 18.5 Å². The minimum atomic E-state index is 0.814. The number of alkyl halides is 1. The highest BCUT2D eigenvalue weighted by Gasteiger charge is 1.91. The first-order chi connectivity index (χ1) is 6.43. The van der Waals surface area contributed by atoms with Crippen LogP contribution in [0.1, 0.15) is 12.0 Å². The maximum atomic E-state index is 5.36. The molecule has 1 rings (SSSR count). The third-order valence-corrected chi connectivity index (χ3v) is 2.14. The molecule has 0 saturated heterocycles. The lowest BCUT2D eigenvalue weighted by Gasteiger charge is -2.01. The van der Waals surface area contributed by atoms with Crippen molar-refractivity contribution >= 4 is 15.9 Å². The number of aryl methyl sites for hydroxylation is 1. The lowest BCUT2D eigenvalue weighted by molar-refractivity contribution is 0.148. The monoisotopic (exact) mass is 242 g/mol. The van der Waals surface area contributed by atoms with E-state index in [1.807, 2.05) is 6.07 Å². The van der Waals surface area contributed by atoms with Crippen LogP contribution in [0, 0.1) is 0 Å². The molecule has 1 aromatic carbocycles. The Hall–Kier alpha value is -0.340. The summed E-state index contributed by atoms with van der Waals surface area (Å²) in [6, 6.07) is 10.5. The lowest BCUT2D eigenvalue weighted by atomic mass is 10.1. The highest BCUT2D eigenvalue weighted by Crippen LogP contribution is 2.02. The molecule has 0 amide bonds. The van der Waals surface area contributed by atoms with Gasteiger partial charge in [-0.2, -0.15) is 0 Å². The molecule has 13 heavy (non-hydrogen) atoms. The summed E-state index contributed by atoms with van der Waals surface area (Å²) in [5.74, 6) is 0. The van der Waals surface area contributed by atoms with Gasteiger partial charge < -0.3 is 4.74 Å². The van der Waals surface area contributed by atoms with E-state index in [1.165, 1.54) is 5.56 Å². The van der Waals surface area contributed by atoms with Crippen molar-refractivity contribution < 1.29 is 4.74 Å². The second-order valence-corrected chi connectivity index (χ2v) is 3.68. The SMILES string of the molecule is BrCCOCCCc1ccccc1. The smallest absolute Gasteiger partial charge is 0.0563 e. The first kappa shape index (κ1) is 10.7. The van der Waals surface area contributed by atoms with Gasteiger partial charge >= 0.3 is 0 Å². The average Bonchev–Trinajstić information content (AvgIpc) is 2.19. The molecule has 72 valence electrons. The van der Waals surface area contributed by atoms with E-state index in [0.717, 1.165) is 31.4 Å². The van der Waals surface area contributed by atoms with Crippen molar-refractivity contribution in [2.45, 2.75) is 12.8 Å². The topological polar surface area (TPSA) is 9.23 Å². The lowest BCUT2D eigenvalue weighted by Crippen LogP contribution is -1.98. The number of benzene rings is 1. The molecular formula is C11H15BrO. The molecule has 0 atom stereocenters. The van der Waals surface area contributed by atoms with E-state index in [-0.39, 0.29) is 0 Å². The fraction of sp³-hybridized carbons (Fsp3) is 0.455. The van der Waals surface area contributed by atoms with Crippen LogP contribution in [0.4, 0.5) is 0 Å². The second-order valence-electron chi connectivity index (χ2n) is 2.89. The van der Waals surface area contributed by atoms with Gasteiger partial charge in [0, 0.05) is 11.9 Å². The van der Waals surface area contributed by atoms with Crippen LogP contribution in [0.15, 0.2) is 30.3 Å². The molecule has 0 aliphatic carbocycles. The second kappa shape index (κ2) is 7.10. The largest absolute Gasteiger partial charge is 0.381 e. The van der Waals surface area contributed by atoms with Crippen LogP contribution in [-0.2, 0) is 11.2 Å². The Morgan fingerprint density at radius 2 is 1.85 bits per heavy atom. The van der Waals surface area contributed by atoms with Crippen molar-refractivity contribution in [3.63, 3.8) is 0 Å². The van der Waals surface area contributed by atoms with Crippen LogP contribution in [0.5, 0.6) is 0 Å². The zero-order valence-electron chi connectivity index (χ0n) is 7.71. The highest BCUT2D eigenvalue weighted by molar-refractivity contribution is 9.09. The van der Waals surface area contributed by atoms with Crippen LogP contribution < -0.4 is 0 Å². The van der Waals surface area contributed by atoms with Gasteiger partial charge in [-0.15, -0.1) is 0 Å². The van der Waals surface area contributed by atoms with Crippen molar-refractivity contribution in [1.82, 2.24) is 0 Å². The van der Waals surface area contributed by atoms with Crippen LogP contribution in [0.25, 0.3) is 0 Å². The molecule has 0 aliphatic heterocycles. The van der Waals surface area contributed by atoms with Crippen LogP contribution >= 0.6 is 15.9 Å². The van der Waals surface area contributed by atoms with E-state index >= 15 is 0 Å². The Bertz CT molecular complexity index is 211. The predicted octanol–water partition coefficient (Wildman–Crippen LogP) is 3.03. The maximum Gasteiger partial charge on any atom is 0.0563 e. The van der Waals surface area contributed by atoms with Crippen LogP contribution in [0.2, 0.25) is 0 Å². The van der Waals surface area contributed by atoms with Gasteiger partial charge in [0.25, 0.3) is 0 Å². The Labute approximate surface area is 88.2 Å². The molecule has 0 heterocycles. The van der Waals surface area contributed by atoms with Crippen molar-refractivity contribution in [1.29, 1.82) is 0 Å². The number of ether oxygens (including phenoxy) is 1. The van der Waals surface area contributed by atoms with E-state index in [9.17, 15) is 0 Å². The molecule has 0 aliphatic rings. The molecule has 0 N–H and O–H groups in total. The zero-order chi connectivity index (χ0) is 9.36. The summed E-state index contributed by atoms with van der Waals surface area (Å²) in [7, 11) is 0. The average molecular weight is 243 g/mol. The van der Waals surface area contributed by atoms with Gasteiger partial charge in [-0.25, -0.2) is 0 Å². The van der Waals surface area contributed by atoms with E-state index in [0.29, 0.717) is 0 Å². The van der Waals surface area contributed by atoms with Crippen LogP contribution in [0.3, 0.4) is 0 Å². The Morgan fingerprint density at radius 1 is 1.08 bits per heavy atom. The minimum Gasteiger partial charge on any atom is -0.381 e. The molecular weight excluding hydrogens is 228 g/mol. The van der Waals surface area contributed by atoms with Gasteiger partial charge in [-0.3, -0.25) is 0 Å². The number of rotatable bonds is 6. The van der Waals surface area contributed by atoms with Crippen molar-refractivity contribution in [3.05, 3.63) is 35.9 Å². The summed E-state index contributed by atoms with van der Waals surface area (Å²) in [6.45, 7) is 1.68. The summed E-state index contributed by atoms with van der Waals surface area (Å²) in [4.78, 5) is 0. The fourth-order valence-corrected chi connectivity index (χ4v) is 1.41. The van der Waals surface area contributed by atoms with Gasteiger partial charge in [-0.1, -0.05) is 46.3 Å². The first-order valence-electron chi connectivity index (χ1n) is 4.61. The van der Waals surface area contributed by atoms with Crippen molar-refractivity contribution in [2.75, 3.05) is 18.5 Å². The fourth-order valence-electron chi connectivity index (χ4n) is 1.18. The van der Waals surface area contributed by atoms with E-state index < -0.39 is 0 Å². The van der Waals surface area contributed by atoms with Gasteiger partial charge in [-0.05, 0) is 18.4 Å². The van der Waals surface area contributed by atoms with E-state index in [2.05, 4.69) is 40.2 Å². The Balaban J connectivity index is 2.07. The normalized spacial score (nSPS) is 10.2. The van der Waals surface area contributed by atoms with Gasteiger partial charge in [0.05, 0.1) is 6.61 Å². The Morgan fingerprint density at radius 3 is 2.54 bits per heavy atom. The summed E-state index contributed by atoms with van der Waals surface area (Å²) in [6.07, 6.45) is 2.22. The summed E-state index contributed by atoms with van der Waals surface area (Å²) in [5.41, 5.74) is 1.39. The minimum absolute atomic E-state index is 0.814. The van der Waals surface area contributed by atoms with Crippen molar-refractivity contribution in [2.24, 2.45) is 0 Å². The standard InChI is InChI=1S/C11H15BrO/c12-8-10-13-9-4-7-11-5-2-1-3-6-11/h1-3,5-6H,4,7-10H2. The molecule has 0 aromatic heterocycles. The third kappa shape index (κ3) is 5.06. The molecule has 0 unspecified atom stereocenters. The number of halogens is 1. The van der Waals surface area contributed by atoms with Gasteiger partial charge in [0.1, 0.15) is 0 Å². The molecule has 1 aromatic rings. The molecule has 0 saturated carbocycles. The molecule has 0 radical (unpaired) electrons. The predicted molar refractivity (Wildman–Crippen MR) is 59.4 cm³/mol. The van der Waals surface area contributed by atoms with E-state index in [1.54, 1.807) is 0 Å². The van der Waals surface area contributed by atoms with Crippen molar-refractivity contribution in [3.8, 4) is 0 Å². The summed E-state index contributed by atoms with van der Waals surface area (Å²) in [5, 5.41) is 0.929. The number of hydrogen-bond donors (Lipinski definition) is 0. The molecule has 2 heteroatoms. The molecule has 0 fully saturated rings. The summed E-state index contributed by atoms with van der Waals surface area (Å²) >= 11 is 3.32. The molecule has 1 nitrogen and oxygen atoms in total. The molecule has 0 bridgehead atoms. The third-order valence-electron chi connectivity index (χ3n) is 1.82. The zero-order valence-corrected chi connectivity index (χ0v) is 9.29. The number of hydrogen-bond acceptors (Lipinski definition) is 1. The first-order valence-corrected chi connectivity index (χ1v) is 5.73. The van der Waals surface area contributed by atoms with Gasteiger partial charge in [0.2, 0.25) is 0 Å². The highest BCUT2D eigenvalue weighted by atomic mass is 79.9. The molecule has 0 spiro atoms. The summed E-state index contributed by atoms with van der Waals surface area (Å²) < 4.78 is 5.36.